The molecule has 0 radical (unpaired) electrons. The van der Waals surface area contributed by atoms with Gasteiger partial charge in [0.25, 0.3) is 0 Å². The fourth-order valence-electron chi connectivity index (χ4n) is 3.49. The van der Waals surface area contributed by atoms with Crippen LogP contribution in [0.15, 0.2) is 0 Å². The van der Waals surface area contributed by atoms with Crippen molar-refractivity contribution in [2.45, 2.75) is 45.1 Å². The number of Topliss-reactive ketones (excluding diaryl/α,β-unsaturated/α-hetero) is 1. The van der Waals surface area contributed by atoms with Gasteiger partial charge in [0.2, 0.25) is 0 Å². The summed E-state index contributed by atoms with van der Waals surface area (Å²) < 4.78 is 10.2. The lowest BCUT2D eigenvalue weighted by molar-refractivity contribution is -0.149. The van der Waals surface area contributed by atoms with E-state index in [0.717, 1.165) is 0 Å². The van der Waals surface area contributed by atoms with Gasteiger partial charge < -0.3 is 9.47 Å². The fourth-order valence-corrected chi connectivity index (χ4v) is 3.49. The molecule has 0 aromatic heterocycles. The van der Waals surface area contributed by atoms with Crippen LogP contribution in [0.4, 0.5) is 0 Å². The third kappa shape index (κ3) is 2.51. The minimum atomic E-state index is -0.549. The first-order valence-electron chi connectivity index (χ1n) is 6.67. The van der Waals surface area contributed by atoms with Crippen LogP contribution in [0.2, 0.25) is 0 Å². The molecule has 1 saturated carbocycles. The van der Waals surface area contributed by atoms with Crippen molar-refractivity contribution in [1.82, 2.24) is 0 Å². The van der Waals surface area contributed by atoms with Gasteiger partial charge in [-0.3, -0.25) is 14.4 Å². The van der Waals surface area contributed by atoms with Gasteiger partial charge in [0.1, 0.15) is 11.4 Å². The SMILES string of the molecule is COC(=O)C[C@H]1C[C@@]2(C[C@H]1C(C)=O)OC(=O)C[C@H]2C. The number of ether oxygens (including phenoxy) is 2. The zero-order valence-corrected chi connectivity index (χ0v) is 11.6. The topological polar surface area (TPSA) is 69.7 Å². The molecule has 1 aliphatic heterocycles. The number of methoxy groups -OCH3 is 1. The Labute approximate surface area is 112 Å². The van der Waals surface area contributed by atoms with Crippen molar-refractivity contribution < 1.29 is 23.9 Å². The molecule has 1 spiro atoms. The Kier molecular flexibility index (Phi) is 3.65. The highest BCUT2D eigenvalue weighted by Gasteiger charge is 2.56. The molecule has 0 N–H and O–H groups in total. The summed E-state index contributed by atoms with van der Waals surface area (Å²) in [4.78, 5) is 34.7. The standard InChI is InChI=1S/C14H20O5/c1-8-4-13(17)19-14(8)6-10(5-12(16)18-3)11(7-14)9(2)15/h8,10-11H,4-7H2,1-3H3/t8-,10+,11+,14+/m1/s1. The summed E-state index contributed by atoms with van der Waals surface area (Å²) in [6.45, 7) is 3.51. The maximum Gasteiger partial charge on any atom is 0.306 e. The van der Waals surface area contributed by atoms with E-state index in [1.165, 1.54) is 14.0 Å². The molecule has 1 aliphatic carbocycles. The average Bonchev–Trinajstić information content (AvgIpc) is 2.81. The van der Waals surface area contributed by atoms with Crippen molar-refractivity contribution in [2.24, 2.45) is 17.8 Å². The Bertz CT molecular complexity index is 416. The Morgan fingerprint density at radius 3 is 2.58 bits per heavy atom. The zero-order valence-electron chi connectivity index (χ0n) is 11.6. The number of rotatable bonds is 3. The summed E-state index contributed by atoms with van der Waals surface area (Å²) >= 11 is 0. The molecule has 0 amide bonds. The molecular formula is C14H20O5. The van der Waals surface area contributed by atoms with Gasteiger partial charge in [-0.1, -0.05) is 6.92 Å². The second-order valence-electron chi connectivity index (χ2n) is 5.81. The van der Waals surface area contributed by atoms with Crippen molar-refractivity contribution in [1.29, 1.82) is 0 Å². The second-order valence-corrected chi connectivity index (χ2v) is 5.81. The van der Waals surface area contributed by atoms with Gasteiger partial charge in [-0.2, -0.15) is 0 Å². The highest BCUT2D eigenvalue weighted by molar-refractivity contribution is 5.81. The van der Waals surface area contributed by atoms with Crippen molar-refractivity contribution in [3.63, 3.8) is 0 Å². The Morgan fingerprint density at radius 2 is 2.11 bits per heavy atom. The van der Waals surface area contributed by atoms with E-state index in [1.807, 2.05) is 6.92 Å². The molecule has 0 aromatic carbocycles. The average molecular weight is 268 g/mol. The summed E-state index contributed by atoms with van der Waals surface area (Å²) in [5.74, 6) is -0.657. The van der Waals surface area contributed by atoms with Gasteiger partial charge in [-0.05, 0) is 25.7 Å². The Morgan fingerprint density at radius 1 is 1.42 bits per heavy atom. The maximum atomic E-state index is 11.8. The van der Waals surface area contributed by atoms with Crippen LogP contribution < -0.4 is 0 Å². The van der Waals surface area contributed by atoms with Crippen molar-refractivity contribution in [3.8, 4) is 0 Å². The van der Waals surface area contributed by atoms with E-state index in [-0.39, 0.29) is 41.9 Å². The smallest absolute Gasteiger partial charge is 0.306 e. The minimum absolute atomic E-state index is 0.0564. The molecule has 4 atom stereocenters. The summed E-state index contributed by atoms with van der Waals surface area (Å²) in [7, 11) is 1.34. The molecule has 0 unspecified atom stereocenters. The van der Waals surface area contributed by atoms with Crippen LogP contribution in [0, 0.1) is 17.8 Å². The lowest BCUT2D eigenvalue weighted by Crippen LogP contribution is -2.31. The van der Waals surface area contributed by atoms with Crippen LogP contribution in [0.1, 0.15) is 39.5 Å². The van der Waals surface area contributed by atoms with Crippen LogP contribution in [-0.4, -0.2) is 30.4 Å². The van der Waals surface area contributed by atoms with E-state index in [4.69, 9.17) is 4.74 Å². The third-order valence-electron chi connectivity index (χ3n) is 4.61. The van der Waals surface area contributed by atoms with Crippen molar-refractivity contribution >= 4 is 17.7 Å². The predicted molar refractivity (Wildman–Crippen MR) is 66.1 cm³/mol. The van der Waals surface area contributed by atoms with Crippen molar-refractivity contribution in [2.75, 3.05) is 7.11 Å². The number of carbonyl (C=O) groups is 3. The molecule has 19 heavy (non-hydrogen) atoms. The number of esters is 2. The van der Waals surface area contributed by atoms with Gasteiger partial charge in [-0.15, -0.1) is 0 Å². The van der Waals surface area contributed by atoms with Gasteiger partial charge in [0, 0.05) is 18.3 Å². The minimum Gasteiger partial charge on any atom is -0.469 e. The van der Waals surface area contributed by atoms with Crippen LogP contribution in [-0.2, 0) is 23.9 Å². The highest BCUT2D eigenvalue weighted by Crippen LogP contribution is 2.51. The largest absolute Gasteiger partial charge is 0.469 e. The van der Waals surface area contributed by atoms with Gasteiger partial charge in [0.15, 0.2) is 0 Å². The third-order valence-corrected chi connectivity index (χ3v) is 4.61. The summed E-state index contributed by atoms with van der Waals surface area (Å²) in [5, 5.41) is 0. The number of hydrogen-bond acceptors (Lipinski definition) is 5. The van der Waals surface area contributed by atoms with Crippen molar-refractivity contribution in [3.05, 3.63) is 0 Å². The fraction of sp³-hybridized carbons (Fsp3) is 0.786. The second kappa shape index (κ2) is 4.94. The van der Waals surface area contributed by atoms with Gasteiger partial charge in [-0.25, -0.2) is 0 Å². The van der Waals surface area contributed by atoms with E-state index >= 15 is 0 Å². The number of ketones is 1. The molecule has 1 saturated heterocycles. The molecule has 0 aromatic rings. The molecule has 0 bridgehead atoms. The lowest BCUT2D eigenvalue weighted by atomic mass is 9.86. The van der Waals surface area contributed by atoms with E-state index in [2.05, 4.69) is 4.74 Å². The first-order chi connectivity index (χ1) is 8.88. The normalized spacial score (nSPS) is 37.4. The monoisotopic (exact) mass is 268 g/mol. The van der Waals surface area contributed by atoms with Gasteiger partial charge >= 0.3 is 11.9 Å². The van der Waals surface area contributed by atoms with Crippen LogP contribution in [0.5, 0.6) is 0 Å². The Hall–Kier alpha value is -1.39. The summed E-state index contributed by atoms with van der Waals surface area (Å²) in [6.07, 6.45) is 1.73. The maximum absolute atomic E-state index is 11.8. The van der Waals surface area contributed by atoms with E-state index in [9.17, 15) is 14.4 Å². The molecule has 5 nitrogen and oxygen atoms in total. The molecule has 2 fully saturated rings. The molecule has 106 valence electrons. The van der Waals surface area contributed by atoms with Gasteiger partial charge in [0.05, 0.1) is 13.5 Å². The molecule has 5 heteroatoms. The molecule has 2 rings (SSSR count). The quantitative estimate of drug-likeness (QED) is 0.725. The van der Waals surface area contributed by atoms with Crippen LogP contribution in [0.25, 0.3) is 0 Å². The first-order valence-corrected chi connectivity index (χ1v) is 6.67. The molecular weight excluding hydrogens is 248 g/mol. The first kappa shape index (κ1) is 14.0. The lowest BCUT2D eigenvalue weighted by Gasteiger charge is -2.26. The van der Waals surface area contributed by atoms with Crippen LogP contribution >= 0.6 is 0 Å². The number of carbonyl (C=O) groups excluding carboxylic acids is 3. The summed E-state index contributed by atoms with van der Waals surface area (Å²) in [6, 6.07) is 0. The number of hydrogen-bond donors (Lipinski definition) is 0. The van der Waals surface area contributed by atoms with E-state index in [0.29, 0.717) is 19.3 Å². The Balaban J connectivity index is 2.18. The highest BCUT2D eigenvalue weighted by atomic mass is 16.6. The van der Waals surface area contributed by atoms with E-state index in [1.54, 1.807) is 0 Å². The predicted octanol–water partition coefficient (Wildman–Crippen LogP) is 1.49. The van der Waals surface area contributed by atoms with E-state index < -0.39 is 5.60 Å². The zero-order chi connectivity index (χ0) is 14.2. The summed E-state index contributed by atoms with van der Waals surface area (Å²) in [5.41, 5.74) is -0.549. The molecule has 2 aliphatic rings. The molecule has 1 heterocycles. The van der Waals surface area contributed by atoms with Crippen LogP contribution in [0.3, 0.4) is 0 Å².